The van der Waals surface area contributed by atoms with Gasteiger partial charge in [-0.1, -0.05) is 23.8 Å². The van der Waals surface area contributed by atoms with Crippen molar-refractivity contribution in [3.05, 3.63) is 56.5 Å². The number of hydrogen-bond donors (Lipinski definition) is 2. The van der Waals surface area contributed by atoms with Gasteiger partial charge >= 0.3 is 0 Å². The van der Waals surface area contributed by atoms with E-state index in [0.717, 1.165) is 11.1 Å². The van der Waals surface area contributed by atoms with E-state index < -0.39 is 0 Å². The van der Waals surface area contributed by atoms with E-state index in [-0.39, 0.29) is 17.9 Å². The topological polar surface area (TPSA) is 87.3 Å². The van der Waals surface area contributed by atoms with Gasteiger partial charge in [0.25, 0.3) is 5.56 Å². The maximum atomic E-state index is 12.5. The predicted octanol–water partition coefficient (Wildman–Crippen LogP) is 1.78. The standard InChI is InChI=1S/C21H28N4O3/c1-14-4-5-17(15(2)12-14)13-22-19(26)7-6-18-16(3)23-21(24-20(18)27)25-8-10-28-11-9-25/h4-5,12H,6-11,13H2,1-3H3,(H,22,26)(H,23,24,27). The summed E-state index contributed by atoms with van der Waals surface area (Å²) >= 11 is 0. The SMILES string of the molecule is Cc1ccc(CNC(=O)CCc2c(C)nc(N3CCOCC3)[nH]c2=O)c(C)c1. The van der Waals surface area contributed by atoms with Gasteiger partial charge in [0.1, 0.15) is 0 Å². The van der Waals surface area contributed by atoms with Crippen molar-refractivity contribution in [1.82, 2.24) is 15.3 Å². The summed E-state index contributed by atoms with van der Waals surface area (Å²) < 4.78 is 5.33. The van der Waals surface area contributed by atoms with E-state index in [0.29, 0.717) is 56.5 Å². The summed E-state index contributed by atoms with van der Waals surface area (Å²) in [5.41, 5.74) is 4.54. The van der Waals surface area contributed by atoms with Crippen LogP contribution in [-0.4, -0.2) is 42.2 Å². The van der Waals surface area contributed by atoms with Gasteiger partial charge in [-0.25, -0.2) is 4.98 Å². The predicted molar refractivity (Wildman–Crippen MR) is 109 cm³/mol. The van der Waals surface area contributed by atoms with Gasteiger partial charge in [-0.3, -0.25) is 14.6 Å². The van der Waals surface area contributed by atoms with Crippen LogP contribution in [0.2, 0.25) is 0 Å². The first-order valence-corrected chi connectivity index (χ1v) is 9.69. The number of carbonyl (C=O) groups is 1. The summed E-state index contributed by atoms with van der Waals surface area (Å²) in [7, 11) is 0. The van der Waals surface area contributed by atoms with Gasteiger partial charge in [-0.2, -0.15) is 0 Å². The van der Waals surface area contributed by atoms with Gasteiger partial charge < -0.3 is 15.0 Å². The number of carbonyl (C=O) groups excluding carboxylic acids is 1. The smallest absolute Gasteiger partial charge is 0.255 e. The van der Waals surface area contributed by atoms with Crippen molar-refractivity contribution in [2.75, 3.05) is 31.2 Å². The lowest BCUT2D eigenvalue weighted by molar-refractivity contribution is -0.121. The van der Waals surface area contributed by atoms with Crippen LogP contribution in [-0.2, 0) is 22.5 Å². The summed E-state index contributed by atoms with van der Waals surface area (Å²) in [5.74, 6) is 0.505. The second-order valence-corrected chi connectivity index (χ2v) is 7.26. The highest BCUT2D eigenvalue weighted by atomic mass is 16.5. The minimum atomic E-state index is -0.170. The number of nitrogens with one attached hydrogen (secondary N) is 2. The fraction of sp³-hybridized carbons (Fsp3) is 0.476. The Morgan fingerprint density at radius 2 is 2.00 bits per heavy atom. The van der Waals surface area contributed by atoms with Crippen LogP contribution in [0.25, 0.3) is 0 Å². The van der Waals surface area contributed by atoms with Crippen LogP contribution in [0.5, 0.6) is 0 Å². The lowest BCUT2D eigenvalue weighted by Crippen LogP contribution is -2.38. The molecule has 150 valence electrons. The Kier molecular flexibility index (Phi) is 6.46. The molecule has 1 aliphatic heterocycles. The van der Waals surface area contributed by atoms with Crippen LogP contribution in [0.3, 0.4) is 0 Å². The van der Waals surface area contributed by atoms with Crippen LogP contribution in [0, 0.1) is 20.8 Å². The Morgan fingerprint density at radius 3 is 2.68 bits per heavy atom. The first kappa shape index (κ1) is 20.1. The number of anilines is 1. The number of aromatic nitrogens is 2. The Morgan fingerprint density at radius 1 is 1.25 bits per heavy atom. The molecule has 2 aromatic rings. The first-order chi connectivity index (χ1) is 13.4. The highest BCUT2D eigenvalue weighted by Crippen LogP contribution is 2.12. The van der Waals surface area contributed by atoms with Crippen LogP contribution < -0.4 is 15.8 Å². The molecule has 1 aliphatic rings. The van der Waals surface area contributed by atoms with E-state index in [4.69, 9.17) is 4.74 Å². The van der Waals surface area contributed by atoms with Crippen molar-refractivity contribution in [3.8, 4) is 0 Å². The van der Waals surface area contributed by atoms with Gasteiger partial charge in [0.05, 0.1) is 13.2 Å². The molecule has 0 aliphatic carbocycles. The molecule has 0 spiro atoms. The van der Waals surface area contributed by atoms with E-state index in [2.05, 4.69) is 21.4 Å². The highest BCUT2D eigenvalue weighted by Gasteiger charge is 2.16. The maximum absolute atomic E-state index is 12.5. The molecule has 1 saturated heterocycles. The number of benzene rings is 1. The van der Waals surface area contributed by atoms with Crippen molar-refractivity contribution in [2.45, 2.75) is 40.2 Å². The van der Waals surface area contributed by atoms with Crippen molar-refractivity contribution in [1.29, 1.82) is 0 Å². The fourth-order valence-electron chi connectivity index (χ4n) is 3.38. The molecule has 1 fully saturated rings. The number of H-pyrrole nitrogens is 1. The van der Waals surface area contributed by atoms with Crippen LogP contribution in [0.1, 0.15) is 34.4 Å². The second kappa shape index (κ2) is 9.01. The quantitative estimate of drug-likeness (QED) is 0.793. The summed E-state index contributed by atoms with van der Waals surface area (Å²) in [5, 5.41) is 2.94. The van der Waals surface area contributed by atoms with Crippen molar-refractivity contribution in [2.24, 2.45) is 0 Å². The lowest BCUT2D eigenvalue weighted by atomic mass is 10.1. The molecule has 0 saturated carbocycles. The molecule has 2 N–H and O–H groups in total. The first-order valence-electron chi connectivity index (χ1n) is 9.69. The largest absolute Gasteiger partial charge is 0.378 e. The fourth-order valence-corrected chi connectivity index (χ4v) is 3.38. The third kappa shape index (κ3) is 4.98. The molecule has 28 heavy (non-hydrogen) atoms. The summed E-state index contributed by atoms with van der Waals surface area (Å²) in [6.07, 6.45) is 0.629. The molecular weight excluding hydrogens is 356 g/mol. The molecule has 1 aromatic carbocycles. The monoisotopic (exact) mass is 384 g/mol. The van der Waals surface area contributed by atoms with E-state index in [1.807, 2.05) is 37.8 Å². The zero-order chi connectivity index (χ0) is 20.1. The molecule has 2 heterocycles. The Balaban J connectivity index is 1.57. The Labute approximate surface area is 165 Å². The van der Waals surface area contributed by atoms with Gasteiger partial charge in [0.2, 0.25) is 11.9 Å². The second-order valence-electron chi connectivity index (χ2n) is 7.26. The van der Waals surface area contributed by atoms with E-state index in [1.165, 1.54) is 5.56 Å². The normalized spacial score (nSPS) is 14.2. The maximum Gasteiger partial charge on any atom is 0.255 e. The Bertz CT molecular complexity index is 901. The number of ether oxygens (including phenoxy) is 1. The van der Waals surface area contributed by atoms with Crippen molar-refractivity contribution in [3.63, 3.8) is 0 Å². The molecule has 0 bridgehead atoms. The number of amides is 1. The van der Waals surface area contributed by atoms with Crippen LogP contribution in [0.15, 0.2) is 23.0 Å². The average molecular weight is 384 g/mol. The van der Waals surface area contributed by atoms with Crippen LogP contribution in [0.4, 0.5) is 5.95 Å². The third-order valence-electron chi connectivity index (χ3n) is 5.10. The number of morpholine rings is 1. The molecule has 0 unspecified atom stereocenters. The minimum Gasteiger partial charge on any atom is -0.378 e. The molecule has 0 radical (unpaired) electrons. The average Bonchev–Trinajstić information content (AvgIpc) is 2.67. The minimum absolute atomic E-state index is 0.0731. The lowest BCUT2D eigenvalue weighted by Gasteiger charge is -2.27. The molecule has 7 heteroatoms. The number of aromatic amines is 1. The zero-order valence-electron chi connectivity index (χ0n) is 16.8. The number of hydrogen-bond acceptors (Lipinski definition) is 5. The Hall–Kier alpha value is -2.67. The van der Waals surface area contributed by atoms with Crippen molar-refractivity contribution >= 4 is 11.9 Å². The molecule has 7 nitrogen and oxygen atoms in total. The summed E-state index contributed by atoms with van der Waals surface area (Å²) in [4.78, 5) is 34.1. The number of nitrogens with zero attached hydrogens (tertiary/aromatic N) is 2. The number of aryl methyl sites for hydroxylation is 3. The van der Waals surface area contributed by atoms with Crippen molar-refractivity contribution < 1.29 is 9.53 Å². The van der Waals surface area contributed by atoms with E-state index in [1.54, 1.807) is 0 Å². The molecule has 1 aromatic heterocycles. The van der Waals surface area contributed by atoms with Gasteiger partial charge in [0, 0.05) is 37.3 Å². The van der Waals surface area contributed by atoms with Crippen LogP contribution >= 0.6 is 0 Å². The summed E-state index contributed by atoms with van der Waals surface area (Å²) in [6, 6.07) is 6.18. The van der Waals surface area contributed by atoms with E-state index >= 15 is 0 Å². The van der Waals surface area contributed by atoms with Gasteiger partial charge in [-0.05, 0) is 38.3 Å². The molecule has 0 atom stereocenters. The molecule has 1 amide bonds. The highest BCUT2D eigenvalue weighted by molar-refractivity contribution is 5.76. The zero-order valence-corrected chi connectivity index (χ0v) is 16.8. The molecule has 3 rings (SSSR count). The van der Waals surface area contributed by atoms with E-state index in [9.17, 15) is 9.59 Å². The van der Waals surface area contributed by atoms with Gasteiger partial charge in [0.15, 0.2) is 0 Å². The molecular formula is C21H28N4O3. The summed E-state index contributed by atoms with van der Waals surface area (Å²) in [6.45, 7) is 9.09. The van der Waals surface area contributed by atoms with Gasteiger partial charge in [-0.15, -0.1) is 0 Å². The number of rotatable bonds is 6. The third-order valence-corrected chi connectivity index (χ3v) is 5.10.